The minimum atomic E-state index is -1.30. The first-order valence-electron chi connectivity index (χ1n) is 9.05. The zero-order chi connectivity index (χ0) is 22.0. The molecule has 11 heteroatoms. The van der Waals surface area contributed by atoms with Gasteiger partial charge >= 0.3 is 5.97 Å². The number of primary amides is 1. The molecule has 0 aromatic carbocycles. The Morgan fingerprint density at radius 1 is 0.929 bits per heavy atom. The van der Waals surface area contributed by atoms with E-state index in [0.29, 0.717) is 6.42 Å². The Kier molecular flexibility index (Phi) is 10.8. The van der Waals surface area contributed by atoms with Crippen LogP contribution in [0.15, 0.2) is 0 Å². The maximum absolute atomic E-state index is 12.6. The quantitative estimate of drug-likeness (QED) is 0.219. The first-order chi connectivity index (χ1) is 12.9. The topological polar surface area (TPSA) is 194 Å². The van der Waals surface area contributed by atoms with Gasteiger partial charge in [0.15, 0.2) is 0 Å². The Bertz CT molecular complexity index is 595. The predicted molar refractivity (Wildman–Crippen MR) is 101 cm³/mol. The van der Waals surface area contributed by atoms with Crippen molar-refractivity contribution in [3.63, 3.8) is 0 Å². The second-order valence-corrected chi connectivity index (χ2v) is 6.93. The molecule has 0 aromatic rings. The van der Waals surface area contributed by atoms with Crippen LogP contribution < -0.4 is 27.4 Å². The van der Waals surface area contributed by atoms with Crippen molar-refractivity contribution in [1.82, 2.24) is 16.0 Å². The van der Waals surface area contributed by atoms with Gasteiger partial charge in [0.05, 0.1) is 13.0 Å². The van der Waals surface area contributed by atoms with Crippen LogP contribution in [0.4, 0.5) is 0 Å². The van der Waals surface area contributed by atoms with Gasteiger partial charge in [0.1, 0.15) is 18.1 Å². The van der Waals surface area contributed by atoms with Gasteiger partial charge in [-0.2, -0.15) is 0 Å². The lowest BCUT2D eigenvalue weighted by Gasteiger charge is -2.27. The van der Waals surface area contributed by atoms with Crippen LogP contribution in [0.3, 0.4) is 0 Å². The third-order valence-corrected chi connectivity index (χ3v) is 4.27. The molecule has 0 rings (SSSR count). The van der Waals surface area contributed by atoms with Crippen molar-refractivity contribution in [2.75, 3.05) is 6.54 Å². The van der Waals surface area contributed by atoms with Crippen LogP contribution in [0.5, 0.6) is 0 Å². The summed E-state index contributed by atoms with van der Waals surface area (Å²) in [5, 5.41) is 16.5. The molecule has 0 radical (unpaired) electrons. The standard InChI is InChI=1S/C17H31N5O6/c1-5-9(4)14(17(27)28)22-16(26)13(8(2)3)21-15(25)10(6-11(19)23)20-12(24)7-18/h8-10,13-14H,5-7,18H2,1-4H3,(H2,19,23)(H,20,24)(H,21,25)(H,22,26)(H,27,28). The monoisotopic (exact) mass is 401 g/mol. The van der Waals surface area contributed by atoms with Crippen LogP contribution in [0.25, 0.3) is 0 Å². The number of hydrogen-bond acceptors (Lipinski definition) is 6. The van der Waals surface area contributed by atoms with E-state index in [-0.39, 0.29) is 5.92 Å². The average Bonchev–Trinajstić information content (AvgIpc) is 2.61. The van der Waals surface area contributed by atoms with Crippen LogP contribution in [0.1, 0.15) is 40.5 Å². The van der Waals surface area contributed by atoms with Crippen molar-refractivity contribution in [1.29, 1.82) is 0 Å². The van der Waals surface area contributed by atoms with Crippen molar-refractivity contribution < 1.29 is 29.1 Å². The molecular formula is C17H31N5O6. The first kappa shape index (κ1) is 25.3. The zero-order valence-corrected chi connectivity index (χ0v) is 16.7. The summed E-state index contributed by atoms with van der Waals surface area (Å²) >= 11 is 0. The molecule has 0 fully saturated rings. The molecule has 4 unspecified atom stereocenters. The van der Waals surface area contributed by atoms with E-state index >= 15 is 0 Å². The van der Waals surface area contributed by atoms with E-state index in [2.05, 4.69) is 16.0 Å². The summed E-state index contributed by atoms with van der Waals surface area (Å²) in [4.78, 5) is 59.2. The molecule has 4 amide bonds. The van der Waals surface area contributed by atoms with E-state index in [1.54, 1.807) is 27.7 Å². The van der Waals surface area contributed by atoms with E-state index in [1.165, 1.54) is 0 Å². The number of rotatable bonds is 12. The normalized spacial score (nSPS) is 15.1. The van der Waals surface area contributed by atoms with Crippen LogP contribution >= 0.6 is 0 Å². The molecule has 0 aromatic heterocycles. The summed E-state index contributed by atoms with van der Waals surface area (Å²) in [6.45, 7) is 6.40. The Hall–Kier alpha value is -2.69. The fraction of sp³-hybridized carbons (Fsp3) is 0.706. The van der Waals surface area contributed by atoms with Crippen molar-refractivity contribution in [2.24, 2.45) is 23.3 Å². The molecule has 28 heavy (non-hydrogen) atoms. The molecule has 0 spiro atoms. The minimum absolute atomic E-state index is 0.323. The highest BCUT2D eigenvalue weighted by atomic mass is 16.4. The maximum atomic E-state index is 12.6. The van der Waals surface area contributed by atoms with Gasteiger partial charge in [-0.25, -0.2) is 4.79 Å². The van der Waals surface area contributed by atoms with Crippen molar-refractivity contribution in [2.45, 2.75) is 58.7 Å². The Balaban J connectivity index is 5.36. The van der Waals surface area contributed by atoms with Gasteiger partial charge in [-0.1, -0.05) is 34.1 Å². The summed E-state index contributed by atoms with van der Waals surface area (Å²) in [5.41, 5.74) is 10.3. The van der Waals surface area contributed by atoms with Crippen LogP contribution in [0, 0.1) is 11.8 Å². The molecule has 8 N–H and O–H groups in total. The van der Waals surface area contributed by atoms with E-state index in [1.807, 2.05) is 0 Å². The Morgan fingerprint density at radius 3 is 1.86 bits per heavy atom. The number of carbonyl (C=O) groups is 5. The first-order valence-corrected chi connectivity index (χ1v) is 9.05. The van der Waals surface area contributed by atoms with Gasteiger partial charge in [-0.05, 0) is 11.8 Å². The minimum Gasteiger partial charge on any atom is -0.480 e. The second-order valence-electron chi connectivity index (χ2n) is 6.93. The number of nitrogens with two attached hydrogens (primary N) is 2. The lowest BCUT2D eigenvalue weighted by molar-refractivity contribution is -0.144. The van der Waals surface area contributed by atoms with E-state index < -0.39 is 66.6 Å². The smallest absolute Gasteiger partial charge is 0.326 e. The summed E-state index contributed by atoms with van der Waals surface area (Å²) < 4.78 is 0. The molecule has 4 atom stereocenters. The lowest BCUT2D eigenvalue weighted by Crippen LogP contribution is -2.58. The number of carbonyl (C=O) groups excluding carboxylic acids is 4. The van der Waals surface area contributed by atoms with E-state index in [0.717, 1.165) is 0 Å². The van der Waals surface area contributed by atoms with Crippen LogP contribution in [0.2, 0.25) is 0 Å². The number of aliphatic carboxylic acids is 1. The van der Waals surface area contributed by atoms with Crippen LogP contribution in [-0.4, -0.2) is 59.4 Å². The van der Waals surface area contributed by atoms with Gasteiger partial charge in [0.2, 0.25) is 23.6 Å². The van der Waals surface area contributed by atoms with Crippen molar-refractivity contribution in [3.05, 3.63) is 0 Å². The summed E-state index contributed by atoms with van der Waals surface area (Å²) in [7, 11) is 0. The number of nitrogens with one attached hydrogen (secondary N) is 3. The molecule has 0 aliphatic rings. The predicted octanol–water partition coefficient (Wildman–Crippen LogP) is -1.94. The van der Waals surface area contributed by atoms with Gasteiger partial charge in [0, 0.05) is 0 Å². The number of amides is 4. The van der Waals surface area contributed by atoms with Crippen molar-refractivity contribution >= 4 is 29.6 Å². The zero-order valence-electron chi connectivity index (χ0n) is 16.7. The van der Waals surface area contributed by atoms with Crippen LogP contribution in [-0.2, 0) is 24.0 Å². The van der Waals surface area contributed by atoms with Gasteiger partial charge in [-0.3, -0.25) is 19.2 Å². The highest BCUT2D eigenvalue weighted by Crippen LogP contribution is 2.10. The highest BCUT2D eigenvalue weighted by molar-refractivity contribution is 5.95. The van der Waals surface area contributed by atoms with E-state index in [4.69, 9.17) is 11.5 Å². The molecule has 160 valence electrons. The van der Waals surface area contributed by atoms with Crippen molar-refractivity contribution in [3.8, 4) is 0 Å². The highest BCUT2D eigenvalue weighted by Gasteiger charge is 2.33. The lowest BCUT2D eigenvalue weighted by atomic mass is 9.97. The number of carboxylic acid groups (broad SMARTS) is 1. The van der Waals surface area contributed by atoms with Gasteiger partial charge < -0.3 is 32.5 Å². The number of carboxylic acids is 1. The molecule has 0 aliphatic carbocycles. The fourth-order valence-electron chi connectivity index (χ4n) is 2.38. The molecule has 0 bridgehead atoms. The summed E-state index contributed by atoms with van der Waals surface area (Å²) in [6.07, 6.45) is 0.0520. The average molecular weight is 401 g/mol. The second kappa shape index (κ2) is 11.9. The molecule has 11 nitrogen and oxygen atoms in total. The molecule has 0 saturated heterocycles. The summed E-state index contributed by atoms with van der Waals surface area (Å²) in [6, 6.07) is -3.50. The molecule has 0 heterocycles. The van der Waals surface area contributed by atoms with Gasteiger partial charge in [0.25, 0.3) is 0 Å². The molecule has 0 saturated carbocycles. The van der Waals surface area contributed by atoms with Gasteiger partial charge in [-0.15, -0.1) is 0 Å². The third-order valence-electron chi connectivity index (χ3n) is 4.27. The Morgan fingerprint density at radius 2 is 1.46 bits per heavy atom. The summed E-state index contributed by atoms with van der Waals surface area (Å²) in [5.74, 6) is -4.88. The Labute approximate surface area is 164 Å². The van der Waals surface area contributed by atoms with E-state index in [9.17, 15) is 29.1 Å². The third kappa shape index (κ3) is 8.33. The largest absolute Gasteiger partial charge is 0.480 e. The number of hydrogen-bond donors (Lipinski definition) is 6. The fourth-order valence-corrected chi connectivity index (χ4v) is 2.38. The molecular weight excluding hydrogens is 370 g/mol. The maximum Gasteiger partial charge on any atom is 0.326 e. The SMILES string of the molecule is CCC(C)C(NC(=O)C(NC(=O)C(CC(N)=O)NC(=O)CN)C(C)C)C(=O)O. The molecule has 0 aliphatic heterocycles.